The Morgan fingerprint density at radius 2 is 1.64 bits per heavy atom. The number of aliphatic hydroxyl groups is 1. The topological polar surface area (TPSA) is 125 Å². The lowest BCUT2D eigenvalue weighted by Gasteiger charge is -2.24. The Balaban J connectivity index is 2.19. The maximum atomic E-state index is 13.1. The molecule has 0 saturated carbocycles. The van der Waals surface area contributed by atoms with Crippen molar-refractivity contribution < 1.29 is 19.5 Å². The molecule has 2 aromatic rings. The normalized spacial score (nSPS) is 12.3. The minimum atomic E-state index is -0.960. The Labute approximate surface area is 213 Å². The van der Waals surface area contributed by atoms with Crippen molar-refractivity contribution in [3.63, 3.8) is 0 Å². The second-order valence-corrected chi connectivity index (χ2v) is 8.63. The molecule has 8 nitrogen and oxygen atoms in total. The molecule has 0 spiro atoms. The number of benzene rings is 2. The Morgan fingerprint density at radius 3 is 2.22 bits per heavy atom. The van der Waals surface area contributed by atoms with Crippen LogP contribution in [0.3, 0.4) is 0 Å². The summed E-state index contributed by atoms with van der Waals surface area (Å²) in [4.78, 5) is 39.8. The van der Waals surface area contributed by atoms with Gasteiger partial charge in [-0.1, -0.05) is 44.2 Å². The average molecular weight is 493 g/mol. The molecule has 8 heteroatoms. The van der Waals surface area contributed by atoms with Crippen molar-refractivity contribution in [1.82, 2.24) is 15.5 Å². The molecule has 0 radical (unpaired) electrons. The summed E-state index contributed by atoms with van der Waals surface area (Å²) in [7, 11) is 0. The number of aliphatic hydroxyl groups excluding tert-OH is 1. The monoisotopic (exact) mass is 492 g/mol. The smallest absolute Gasteiger partial charge is 0.253 e. The lowest BCUT2D eigenvalue weighted by Crippen LogP contribution is -2.47. The van der Waals surface area contributed by atoms with Crippen molar-refractivity contribution in [1.29, 1.82) is 0 Å². The zero-order valence-electron chi connectivity index (χ0n) is 21.0. The molecule has 0 bridgehead atoms. The quantitative estimate of drug-likeness (QED) is 0.301. The van der Waals surface area contributed by atoms with Gasteiger partial charge in [0.05, 0.1) is 12.1 Å². The first-order valence-electron chi connectivity index (χ1n) is 12.2. The van der Waals surface area contributed by atoms with Gasteiger partial charge in [-0.15, -0.1) is 12.3 Å². The van der Waals surface area contributed by atoms with E-state index in [2.05, 4.69) is 16.6 Å². The number of primary amides is 1. The van der Waals surface area contributed by atoms with E-state index in [4.69, 9.17) is 12.2 Å². The Kier molecular flexibility index (Phi) is 11.6. The number of terminal acetylenes is 1. The molecule has 192 valence electrons. The summed E-state index contributed by atoms with van der Waals surface area (Å²) in [6.45, 7) is 5.81. The van der Waals surface area contributed by atoms with Crippen LogP contribution in [-0.4, -0.2) is 59.5 Å². The summed E-state index contributed by atoms with van der Waals surface area (Å²) in [5, 5.41) is 16.6. The van der Waals surface area contributed by atoms with Crippen LogP contribution in [0.4, 0.5) is 0 Å². The lowest BCUT2D eigenvalue weighted by atomic mass is 10.0. The summed E-state index contributed by atoms with van der Waals surface area (Å²) >= 11 is 0. The van der Waals surface area contributed by atoms with Gasteiger partial charge in [0.15, 0.2) is 0 Å². The largest absolute Gasteiger partial charge is 0.390 e. The van der Waals surface area contributed by atoms with E-state index in [9.17, 15) is 19.5 Å². The number of amides is 3. The molecule has 5 N–H and O–H groups in total. The Hall–Kier alpha value is -3.67. The van der Waals surface area contributed by atoms with E-state index in [-0.39, 0.29) is 35.6 Å². The standard InChI is InChI=1S/C28H36N4O4/c1-4-10-24(25(33)19-30-18-20-11-8-7-9-12-20)31-27(35)22-15-21(26(29)34)16-23(17-22)28(36)32(13-5-2)14-6-3/h1,7-9,11-12,15-17,24-25,30,33H,5-6,10,13-14,18-19H2,2-3H3,(H2,29,34)(H,31,35)/t24-,25+/m0/s1. The summed E-state index contributed by atoms with van der Waals surface area (Å²) in [6, 6.07) is 13.2. The number of hydrogen-bond donors (Lipinski definition) is 4. The summed E-state index contributed by atoms with van der Waals surface area (Å²) < 4.78 is 0. The van der Waals surface area contributed by atoms with Crippen LogP contribution in [0.1, 0.15) is 69.7 Å². The number of nitrogens with zero attached hydrogens (tertiary/aromatic N) is 1. The van der Waals surface area contributed by atoms with Crippen molar-refractivity contribution >= 4 is 17.7 Å². The van der Waals surface area contributed by atoms with Crippen molar-refractivity contribution in [2.45, 2.75) is 51.8 Å². The minimum absolute atomic E-state index is 0.0533. The molecule has 0 saturated heterocycles. The summed E-state index contributed by atoms with van der Waals surface area (Å²) in [6.07, 6.45) is 6.17. The molecule has 3 amide bonds. The number of hydrogen-bond acceptors (Lipinski definition) is 5. The van der Waals surface area contributed by atoms with Gasteiger partial charge in [-0.25, -0.2) is 0 Å². The fourth-order valence-corrected chi connectivity index (χ4v) is 3.83. The zero-order chi connectivity index (χ0) is 26.5. The van der Waals surface area contributed by atoms with Crippen molar-refractivity contribution in [2.75, 3.05) is 19.6 Å². The fourth-order valence-electron chi connectivity index (χ4n) is 3.83. The molecule has 0 aliphatic heterocycles. The number of carbonyl (C=O) groups is 3. The van der Waals surface area contributed by atoms with Gasteiger partial charge in [0.1, 0.15) is 0 Å². The van der Waals surface area contributed by atoms with Crippen molar-refractivity contribution in [2.24, 2.45) is 5.73 Å². The van der Waals surface area contributed by atoms with E-state index in [1.807, 2.05) is 44.2 Å². The van der Waals surface area contributed by atoms with E-state index in [1.165, 1.54) is 18.2 Å². The molecule has 2 atom stereocenters. The maximum Gasteiger partial charge on any atom is 0.253 e. The molecule has 2 aromatic carbocycles. The van der Waals surface area contributed by atoms with Crippen LogP contribution < -0.4 is 16.4 Å². The second-order valence-electron chi connectivity index (χ2n) is 8.63. The predicted molar refractivity (Wildman–Crippen MR) is 140 cm³/mol. The van der Waals surface area contributed by atoms with E-state index < -0.39 is 24.0 Å². The van der Waals surface area contributed by atoms with Gasteiger partial charge in [0.25, 0.3) is 11.8 Å². The van der Waals surface area contributed by atoms with Crippen LogP contribution in [0.5, 0.6) is 0 Å². The first-order valence-corrected chi connectivity index (χ1v) is 12.2. The van der Waals surface area contributed by atoms with E-state index in [0.29, 0.717) is 19.6 Å². The van der Waals surface area contributed by atoms with E-state index in [0.717, 1.165) is 18.4 Å². The highest BCUT2D eigenvalue weighted by atomic mass is 16.3. The Morgan fingerprint density at radius 1 is 1.03 bits per heavy atom. The van der Waals surface area contributed by atoms with Gasteiger partial charge in [-0.3, -0.25) is 14.4 Å². The van der Waals surface area contributed by atoms with Crippen LogP contribution in [0.15, 0.2) is 48.5 Å². The van der Waals surface area contributed by atoms with Crippen LogP contribution >= 0.6 is 0 Å². The summed E-state index contributed by atoms with van der Waals surface area (Å²) in [5.74, 6) is 0.890. The third-order valence-corrected chi connectivity index (χ3v) is 5.65. The zero-order valence-corrected chi connectivity index (χ0v) is 21.0. The molecule has 0 fully saturated rings. The predicted octanol–water partition coefficient (Wildman–Crippen LogP) is 2.32. The van der Waals surface area contributed by atoms with Gasteiger partial charge in [0.2, 0.25) is 5.91 Å². The highest BCUT2D eigenvalue weighted by Gasteiger charge is 2.23. The van der Waals surface area contributed by atoms with Crippen molar-refractivity contribution in [3.05, 3.63) is 70.8 Å². The van der Waals surface area contributed by atoms with Crippen molar-refractivity contribution in [3.8, 4) is 12.3 Å². The van der Waals surface area contributed by atoms with E-state index in [1.54, 1.807) is 4.90 Å². The van der Waals surface area contributed by atoms with Gasteiger partial charge in [-0.05, 0) is 36.6 Å². The number of nitrogens with two attached hydrogens (primary N) is 1. The fraction of sp³-hybridized carbons (Fsp3) is 0.393. The molecule has 36 heavy (non-hydrogen) atoms. The molecular formula is C28H36N4O4. The van der Waals surface area contributed by atoms with Gasteiger partial charge >= 0.3 is 0 Å². The lowest BCUT2D eigenvalue weighted by molar-refractivity contribution is 0.0755. The SMILES string of the molecule is C#CC[C@H](NC(=O)c1cc(C(N)=O)cc(C(=O)N(CCC)CCC)c1)[C@H](O)CNCc1ccccc1. The second kappa shape index (κ2) is 14.7. The van der Waals surface area contributed by atoms with Crippen LogP contribution in [0.25, 0.3) is 0 Å². The molecule has 0 aliphatic carbocycles. The van der Waals surface area contributed by atoms with Crippen LogP contribution in [0.2, 0.25) is 0 Å². The van der Waals surface area contributed by atoms with Gasteiger partial charge in [-0.2, -0.15) is 0 Å². The highest BCUT2D eigenvalue weighted by molar-refractivity contribution is 6.04. The molecule has 0 unspecified atom stereocenters. The number of rotatable bonds is 14. The number of nitrogens with one attached hydrogen (secondary N) is 2. The Bertz CT molecular complexity index is 1060. The van der Waals surface area contributed by atoms with Crippen LogP contribution in [0, 0.1) is 12.3 Å². The first-order chi connectivity index (χ1) is 17.3. The minimum Gasteiger partial charge on any atom is -0.390 e. The molecule has 2 rings (SSSR count). The molecule has 0 aliphatic rings. The van der Waals surface area contributed by atoms with Gasteiger partial charge in [0, 0.05) is 49.3 Å². The van der Waals surface area contributed by atoms with E-state index >= 15 is 0 Å². The molecular weight excluding hydrogens is 456 g/mol. The highest BCUT2D eigenvalue weighted by Crippen LogP contribution is 2.15. The first kappa shape index (κ1) is 28.6. The molecule has 0 aromatic heterocycles. The third kappa shape index (κ3) is 8.52. The third-order valence-electron chi connectivity index (χ3n) is 5.65. The summed E-state index contributed by atoms with van der Waals surface area (Å²) in [5.41, 5.74) is 6.88. The molecule has 0 heterocycles. The van der Waals surface area contributed by atoms with Gasteiger partial charge < -0.3 is 26.4 Å². The average Bonchev–Trinajstić information content (AvgIpc) is 2.88. The maximum absolute atomic E-state index is 13.1. The van der Waals surface area contributed by atoms with Crippen LogP contribution in [-0.2, 0) is 6.54 Å². The number of carbonyl (C=O) groups excluding carboxylic acids is 3.